The van der Waals surface area contributed by atoms with Gasteiger partial charge in [-0.1, -0.05) is 20.8 Å². The summed E-state index contributed by atoms with van der Waals surface area (Å²) in [6.45, 7) is 10.0. The van der Waals surface area contributed by atoms with E-state index in [2.05, 4.69) is 35.6 Å². The quantitative estimate of drug-likeness (QED) is 0.673. The molecular formula is C13H25N3O. The number of hydrogen-bond donors (Lipinski definition) is 1. The highest BCUT2D eigenvalue weighted by molar-refractivity contribution is 5.25. The van der Waals surface area contributed by atoms with Crippen LogP contribution in [0.25, 0.3) is 0 Å². The SMILES string of the molecule is CCCn1ccnc1NCCOCCC(C)C. The maximum atomic E-state index is 5.54. The Morgan fingerprint density at radius 2 is 2.24 bits per heavy atom. The van der Waals surface area contributed by atoms with Crippen LogP contribution in [0, 0.1) is 5.92 Å². The van der Waals surface area contributed by atoms with Gasteiger partial charge >= 0.3 is 0 Å². The topological polar surface area (TPSA) is 39.1 Å². The van der Waals surface area contributed by atoms with E-state index in [-0.39, 0.29) is 0 Å². The molecule has 0 bridgehead atoms. The van der Waals surface area contributed by atoms with Gasteiger partial charge in [-0.05, 0) is 18.8 Å². The summed E-state index contributed by atoms with van der Waals surface area (Å²) in [6, 6.07) is 0. The normalized spacial score (nSPS) is 11.1. The second-order valence-corrected chi connectivity index (χ2v) is 4.67. The van der Waals surface area contributed by atoms with E-state index in [0.717, 1.165) is 45.1 Å². The molecule has 0 aliphatic heterocycles. The second-order valence-electron chi connectivity index (χ2n) is 4.67. The maximum Gasteiger partial charge on any atom is 0.202 e. The monoisotopic (exact) mass is 239 g/mol. The van der Waals surface area contributed by atoms with E-state index in [1.807, 2.05) is 12.4 Å². The lowest BCUT2D eigenvalue weighted by atomic mass is 10.1. The Bertz CT molecular complexity index is 297. The third-order valence-corrected chi connectivity index (χ3v) is 2.55. The molecule has 1 rings (SSSR count). The van der Waals surface area contributed by atoms with Gasteiger partial charge in [0.05, 0.1) is 6.61 Å². The van der Waals surface area contributed by atoms with Crippen LogP contribution in [0.3, 0.4) is 0 Å². The zero-order chi connectivity index (χ0) is 12.5. The number of ether oxygens (including phenoxy) is 1. The first-order valence-corrected chi connectivity index (χ1v) is 6.56. The van der Waals surface area contributed by atoms with Gasteiger partial charge in [0, 0.05) is 32.1 Å². The number of aromatic nitrogens is 2. The lowest BCUT2D eigenvalue weighted by Gasteiger charge is -2.09. The number of aryl methyl sites for hydroxylation is 1. The first kappa shape index (κ1) is 14.0. The van der Waals surface area contributed by atoms with Gasteiger partial charge in [0.15, 0.2) is 0 Å². The predicted molar refractivity (Wildman–Crippen MR) is 71.3 cm³/mol. The molecular weight excluding hydrogens is 214 g/mol. The molecule has 17 heavy (non-hydrogen) atoms. The molecule has 98 valence electrons. The Morgan fingerprint density at radius 3 is 2.94 bits per heavy atom. The lowest BCUT2D eigenvalue weighted by Crippen LogP contribution is -2.14. The maximum absolute atomic E-state index is 5.54. The average molecular weight is 239 g/mol. The van der Waals surface area contributed by atoms with Crippen molar-refractivity contribution in [2.24, 2.45) is 5.92 Å². The van der Waals surface area contributed by atoms with Crippen molar-refractivity contribution in [1.29, 1.82) is 0 Å². The van der Waals surface area contributed by atoms with E-state index < -0.39 is 0 Å². The zero-order valence-corrected chi connectivity index (χ0v) is 11.3. The van der Waals surface area contributed by atoms with Crippen LogP contribution in [0.15, 0.2) is 12.4 Å². The molecule has 0 aromatic carbocycles. The van der Waals surface area contributed by atoms with E-state index in [4.69, 9.17) is 4.74 Å². The minimum atomic E-state index is 0.714. The third-order valence-electron chi connectivity index (χ3n) is 2.55. The first-order valence-electron chi connectivity index (χ1n) is 6.56. The van der Waals surface area contributed by atoms with Crippen LogP contribution in [0.5, 0.6) is 0 Å². The molecule has 4 heteroatoms. The molecule has 4 nitrogen and oxygen atoms in total. The highest BCUT2D eigenvalue weighted by atomic mass is 16.5. The second kappa shape index (κ2) is 8.12. The molecule has 0 radical (unpaired) electrons. The van der Waals surface area contributed by atoms with Gasteiger partial charge in [0.2, 0.25) is 5.95 Å². The first-order chi connectivity index (χ1) is 8.24. The molecule has 0 unspecified atom stereocenters. The fourth-order valence-corrected chi connectivity index (χ4v) is 1.55. The molecule has 0 aliphatic rings. The molecule has 0 aliphatic carbocycles. The average Bonchev–Trinajstić information content (AvgIpc) is 2.71. The van der Waals surface area contributed by atoms with Crippen molar-refractivity contribution in [1.82, 2.24) is 9.55 Å². The standard InChI is InChI=1S/C13H25N3O/c1-4-8-16-9-6-14-13(16)15-7-11-17-10-5-12(2)3/h6,9,12H,4-5,7-8,10-11H2,1-3H3,(H,14,15). The van der Waals surface area contributed by atoms with E-state index in [9.17, 15) is 0 Å². The van der Waals surface area contributed by atoms with Crippen LogP contribution in [-0.2, 0) is 11.3 Å². The molecule has 1 aromatic rings. The molecule has 0 atom stereocenters. The van der Waals surface area contributed by atoms with Crippen molar-refractivity contribution in [3.63, 3.8) is 0 Å². The van der Waals surface area contributed by atoms with Gasteiger partial charge in [-0.25, -0.2) is 4.98 Å². The smallest absolute Gasteiger partial charge is 0.202 e. The summed E-state index contributed by atoms with van der Waals surface area (Å²) in [7, 11) is 0. The summed E-state index contributed by atoms with van der Waals surface area (Å²) in [4.78, 5) is 4.28. The van der Waals surface area contributed by atoms with Crippen molar-refractivity contribution >= 4 is 5.95 Å². The summed E-state index contributed by atoms with van der Waals surface area (Å²) >= 11 is 0. The minimum Gasteiger partial charge on any atom is -0.380 e. The van der Waals surface area contributed by atoms with Crippen LogP contribution >= 0.6 is 0 Å². The highest BCUT2D eigenvalue weighted by Crippen LogP contribution is 2.04. The van der Waals surface area contributed by atoms with Crippen molar-refractivity contribution in [2.75, 3.05) is 25.1 Å². The molecule has 1 N–H and O–H groups in total. The largest absolute Gasteiger partial charge is 0.380 e. The Hall–Kier alpha value is -1.03. The summed E-state index contributed by atoms with van der Waals surface area (Å²) < 4.78 is 7.68. The zero-order valence-electron chi connectivity index (χ0n) is 11.3. The Labute approximate surface area is 104 Å². The number of nitrogens with one attached hydrogen (secondary N) is 1. The predicted octanol–water partition coefficient (Wildman–Crippen LogP) is 2.77. The van der Waals surface area contributed by atoms with Gasteiger partial charge in [0.25, 0.3) is 0 Å². The number of anilines is 1. The van der Waals surface area contributed by atoms with E-state index >= 15 is 0 Å². The van der Waals surface area contributed by atoms with E-state index in [1.54, 1.807) is 0 Å². The minimum absolute atomic E-state index is 0.714. The third kappa shape index (κ3) is 5.73. The van der Waals surface area contributed by atoms with Gasteiger partial charge in [-0.2, -0.15) is 0 Å². The summed E-state index contributed by atoms with van der Waals surface area (Å²) in [6.07, 6.45) is 6.09. The number of imidazole rings is 1. The van der Waals surface area contributed by atoms with Crippen molar-refractivity contribution in [3.8, 4) is 0 Å². The van der Waals surface area contributed by atoms with E-state index in [1.165, 1.54) is 0 Å². The molecule has 0 saturated carbocycles. The molecule has 1 aromatic heterocycles. The lowest BCUT2D eigenvalue weighted by molar-refractivity contribution is 0.132. The van der Waals surface area contributed by atoms with Crippen LogP contribution < -0.4 is 5.32 Å². The molecule has 0 spiro atoms. The molecule has 0 amide bonds. The Balaban J connectivity index is 2.11. The van der Waals surface area contributed by atoms with Crippen LogP contribution in [0.2, 0.25) is 0 Å². The van der Waals surface area contributed by atoms with Crippen LogP contribution in [0.1, 0.15) is 33.6 Å². The van der Waals surface area contributed by atoms with Crippen molar-refractivity contribution < 1.29 is 4.74 Å². The van der Waals surface area contributed by atoms with Crippen LogP contribution in [0.4, 0.5) is 5.95 Å². The highest BCUT2D eigenvalue weighted by Gasteiger charge is 2.00. The fourth-order valence-electron chi connectivity index (χ4n) is 1.55. The number of hydrogen-bond acceptors (Lipinski definition) is 3. The number of nitrogens with zero attached hydrogens (tertiary/aromatic N) is 2. The van der Waals surface area contributed by atoms with Gasteiger partial charge in [0.1, 0.15) is 0 Å². The van der Waals surface area contributed by atoms with Gasteiger partial charge in [-0.15, -0.1) is 0 Å². The summed E-state index contributed by atoms with van der Waals surface area (Å²) in [5.74, 6) is 1.66. The van der Waals surface area contributed by atoms with Crippen molar-refractivity contribution in [3.05, 3.63) is 12.4 Å². The Kier molecular flexibility index (Phi) is 6.70. The van der Waals surface area contributed by atoms with E-state index in [0.29, 0.717) is 5.92 Å². The summed E-state index contributed by atoms with van der Waals surface area (Å²) in [5.41, 5.74) is 0. The van der Waals surface area contributed by atoms with Gasteiger partial charge < -0.3 is 14.6 Å². The molecule has 1 heterocycles. The molecule has 0 saturated heterocycles. The van der Waals surface area contributed by atoms with Gasteiger partial charge in [-0.3, -0.25) is 0 Å². The molecule has 0 fully saturated rings. The number of rotatable bonds is 9. The fraction of sp³-hybridized carbons (Fsp3) is 0.769. The summed E-state index contributed by atoms with van der Waals surface area (Å²) in [5, 5.41) is 3.29. The Morgan fingerprint density at radius 1 is 1.41 bits per heavy atom. The van der Waals surface area contributed by atoms with Crippen molar-refractivity contribution in [2.45, 2.75) is 40.2 Å². The van der Waals surface area contributed by atoms with Crippen LogP contribution in [-0.4, -0.2) is 29.3 Å².